The van der Waals surface area contributed by atoms with Crippen molar-refractivity contribution in [1.29, 1.82) is 0 Å². The van der Waals surface area contributed by atoms with E-state index in [1.807, 2.05) is 30.5 Å². The van der Waals surface area contributed by atoms with Crippen molar-refractivity contribution in [3.63, 3.8) is 0 Å². The lowest BCUT2D eigenvalue weighted by Crippen LogP contribution is -2.60. The number of hydrogen-bond donors (Lipinski definition) is 20. The quantitative estimate of drug-likeness (QED) is 0.0137. The number of aromatic amines is 1. The fraction of sp³-hybridized carbons (Fsp3) is 0.677. The summed E-state index contributed by atoms with van der Waals surface area (Å²) in [6, 6.07) is -2.65. The van der Waals surface area contributed by atoms with Gasteiger partial charge < -0.3 is 110 Å². The summed E-state index contributed by atoms with van der Waals surface area (Å²) >= 11 is 3.16. The second-order valence-electron chi connectivity index (χ2n) is 24.2. The van der Waals surface area contributed by atoms with E-state index in [1.54, 1.807) is 18.0 Å². The zero-order valence-corrected chi connectivity index (χ0v) is 57.1. The summed E-state index contributed by atoms with van der Waals surface area (Å²) in [5.74, 6) is -5.49. The van der Waals surface area contributed by atoms with Crippen molar-refractivity contribution < 1.29 is 47.9 Å². The Bertz CT molecular complexity index is 2860. The van der Waals surface area contributed by atoms with E-state index in [9.17, 15) is 47.9 Å². The molecule has 2 fully saturated rings. The molecular formula is C62H108N22O10S2. The highest BCUT2D eigenvalue weighted by Gasteiger charge is 2.43. The molecule has 4 rings (SSSR count). The Morgan fingerprint density at radius 1 is 0.521 bits per heavy atom. The van der Waals surface area contributed by atoms with Crippen molar-refractivity contribution >= 4 is 106 Å². The Morgan fingerprint density at radius 2 is 0.938 bits per heavy atom. The number of unbranched alkanes of at least 4 members (excludes halogenated alkanes) is 5. The van der Waals surface area contributed by atoms with Crippen LogP contribution in [0.5, 0.6) is 0 Å². The largest absolute Gasteiger partial charge is 0.370 e. The molecule has 96 heavy (non-hydrogen) atoms. The van der Waals surface area contributed by atoms with Crippen molar-refractivity contribution in [3.05, 3.63) is 36.0 Å². The van der Waals surface area contributed by atoms with Gasteiger partial charge in [-0.25, -0.2) is 4.79 Å². The van der Waals surface area contributed by atoms with Gasteiger partial charge in [0.25, 0.3) is 0 Å². The number of amides is 11. The normalized spacial score (nSPS) is 17.3. The van der Waals surface area contributed by atoms with E-state index < -0.39 is 101 Å². The van der Waals surface area contributed by atoms with Crippen LogP contribution >= 0.6 is 23.5 Å². The fourth-order valence-electron chi connectivity index (χ4n) is 11.3. The number of nitrogens with two attached hydrogens (primary N) is 9. The average Bonchev–Trinajstić information content (AvgIpc) is 1.91. The van der Waals surface area contributed by atoms with Gasteiger partial charge in [-0.05, 0) is 172 Å². The van der Waals surface area contributed by atoms with E-state index in [4.69, 9.17) is 51.6 Å². The molecule has 2 aromatic rings. The minimum atomic E-state index is -1.38. The number of benzene rings is 1. The van der Waals surface area contributed by atoms with Crippen LogP contribution in [0.4, 0.5) is 4.79 Å². The molecule has 538 valence electrons. The van der Waals surface area contributed by atoms with E-state index in [0.717, 1.165) is 23.1 Å². The van der Waals surface area contributed by atoms with Crippen LogP contribution in [0.3, 0.4) is 0 Å². The number of urea groups is 1. The number of guanidine groups is 2. The molecule has 2 saturated heterocycles. The van der Waals surface area contributed by atoms with Gasteiger partial charge in [0.2, 0.25) is 53.2 Å². The molecule has 0 spiro atoms. The van der Waals surface area contributed by atoms with Gasteiger partial charge in [-0.3, -0.25) is 53.1 Å². The van der Waals surface area contributed by atoms with E-state index in [-0.39, 0.29) is 132 Å². The van der Waals surface area contributed by atoms with E-state index in [0.29, 0.717) is 88.6 Å². The van der Waals surface area contributed by atoms with Crippen molar-refractivity contribution in [1.82, 2.24) is 58.2 Å². The predicted molar refractivity (Wildman–Crippen MR) is 375 cm³/mol. The van der Waals surface area contributed by atoms with E-state index in [2.05, 4.69) is 68.1 Å². The number of nitrogens with one attached hydrogen (secondary N) is 11. The van der Waals surface area contributed by atoms with Gasteiger partial charge in [-0.1, -0.05) is 24.6 Å². The molecule has 0 aliphatic carbocycles. The molecule has 2 aliphatic heterocycles. The van der Waals surface area contributed by atoms with Gasteiger partial charge >= 0.3 is 6.03 Å². The van der Waals surface area contributed by atoms with Crippen molar-refractivity contribution in [3.8, 4) is 0 Å². The first kappa shape index (κ1) is 80.8. The second kappa shape index (κ2) is 45.0. The number of fused-ring (bicyclic) bond motifs is 2. The standard InChI is InChI=1S/C62H108N22O10S2/c1-95-33-26-46(81-56(90)45(23-15-32-73-61(70)71)79-53(87)41(22-14-31-72-60(68)69)75-50(85)25-5-4-24-49-51-48(36-96-49)83-62(94)84-51)58(92)78-44(21-9-13-30-66)57(91)82-47(34-37-35-74-39-17-3-2-16-38(37)39)59(93)80-43(20-8-12-29-65)55(89)77-42(19-7-11-28-64)54(88)76-40(52(67)86)18-6-10-27-63/h2-3,16-17,35,40-49,51,74H,4-15,18-34,36,63-66H2,1H3,(H2,67,86)(H,75,85)(H,76,88)(H,77,89)(H,78,92)(H,79,87)(H,80,93)(H,81,90)(H,82,91)(H4,68,69,72)(H4,70,71,73)(H2,83,84,94)/t40-,41-,42-,43-,44-,45-,46-,47-,48-,49-,51-/m0/s1. The van der Waals surface area contributed by atoms with Crippen molar-refractivity contribution in [2.45, 2.75) is 207 Å². The molecular weight excluding hydrogens is 1280 g/mol. The fourth-order valence-corrected chi connectivity index (χ4v) is 13.3. The topological polar surface area (TPSA) is 566 Å². The molecule has 32 nitrogen and oxygen atoms in total. The number of carbonyl (C=O) groups excluding carboxylic acids is 10. The van der Waals surface area contributed by atoms with Crippen molar-refractivity contribution in [2.24, 2.45) is 61.6 Å². The van der Waals surface area contributed by atoms with Gasteiger partial charge in [0.15, 0.2) is 11.9 Å². The second-order valence-corrected chi connectivity index (χ2v) is 26.5. The Hall–Kier alpha value is -7.66. The first-order chi connectivity index (χ1) is 46.1. The van der Waals surface area contributed by atoms with Crippen LogP contribution in [0.2, 0.25) is 0 Å². The highest BCUT2D eigenvalue weighted by Crippen LogP contribution is 2.33. The number of thioether (sulfide) groups is 2. The van der Waals surface area contributed by atoms with E-state index >= 15 is 0 Å². The molecule has 11 atom stereocenters. The highest BCUT2D eigenvalue weighted by atomic mass is 32.2. The zero-order chi connectivity index (χ0) is 70.4. The monoisotopic (exact) mass is 1380 g/mol. The maximum atomic E-state index is 15.0. The summed E-state index contributed by atoms with van der Waals surface area (Å²) in [5.41, 5.74) is 52.7. The van der Waals surface area contributed by atoms with Crippen molar-refractivity contribution in [2.75, 3.05) is 57.0 Å². The lowest BCUT2D eigenvalue weighted by atomic mass is 10.0. The van der Waals surface area contributed by atoms with E-state index in [1.165, 1.54) is 11.8 Å². The zero-order valence-electron chi connectivity index (χ0n) is 55.4. The van der Waals surface area contributed by atoms with Gasteiger partial charge in [0.05, 0.1) is 12.1 Å². The van der Waals surface area contributed by atoms with Gasteiger partial charge in [0.1, 0.15) is 48.3 Å². The SMILES string of the molecule is CSCC[C@H](NC(=O)[C@H](CCCN=C(N)N)NC(=O)[C@H](CCCN=C(N)N)NC(=O)CCCC[C@@H]1SC[C@@H]2NC(=O)N[C@@H]21)C(=O)N[C@@H](CCCCN)C(=O)N[C@@H](Cc1c[nH]c2ccccc12)C(=O)N[C@@H](CCCCN)C(=O)N[C@@H](CCCCN)C(=O)N[C@@H](CCCCN)C(N)=O. The molecule has 0 bridgehead atoms. The van der Waals surface area contributed by atoms with Crippen LogP contribution in [0.1, 0.15) is 140 Å². The number of H-pyrrole nitrogens is 1. The Kier molecular flexibility index (Phi) is 37.8. The molecule has 11 amide bonds. The smallest absolute Gasteiger partial charge is 0.315 e. The number of aliphatic imine (C=N–C) groups is 2. The number of para-hydroxylation sites is 1. The van der Waals surface area contributed by atoms with Gasteiger partial charge in [-0.15, -0.1) is 0 Å². The molecule has 0 saturated carbocycles. The highest BCUT2D eigenvalue weighted by molar-refractivity contribution is 8.00. The summed E-state index contributed by atoms with van der Waals surface area (Å²) in [5, 5.41) is 29.3. The lowest BCUT2D eigenvalue weighted by molar-refractivity contribution is -0.136. The van der Waals surface area contributed by atoms with Crippen LogP contribution < -0.4 is 105 Å². The molecule has 29 N–H and O–H groups in total. The molecule has 34 heteroatoms. The molecule has 0 radical (unpaired) electrons. The number of nitrogens with zero attached hydrogens (tertiary/aromatic N) is 2. The summed E-state index contributed by atoms with van der Waals surface area (Å²) in [6.45, 7) is 1.43. The van der Waals surface area contributed by atoms with Crippen LogP contribution in [-0.4, -0.2) is 199 Å². The van der Waals surface area contributed by atoms with Gasteiger partial charge in [0, 0.05) is 54.0 Å². The summed E-state index contributed by atoms with van der Waals surface area (Å²) in [7, 11) is 0. The Balaban J connectivity index is 1.61. The first-order valence-corrected chi connectivity index (χ1v) is 35.9. The third-order valence-electron chi connectivity index (χ3n) is 16.6. The summed E-state index contributed by atoms with van der Waals surface area (Å²) in [6.07, 6.45) is 10.3. The number of aromatic nitrogens is 1. The minimum Gasteiger partial charge on any atom is -0.370 e. The van der Waals surface area contributed by atoms with Crippen LogP contribution in [0.15, 0.2) is 40.4 Å². The van der Waals surface area contributed by atoms with Crippen LogP contribution in [-0.2, 0) is 49.6 Å². The molecule has 3 heterocycles. The first-order valence-electron chi connectivity index (χ1n) is 33.5. The van der Waals surface area contributed by atoms with Crippen LogP contribution in [0, 0.1) is 0 Å². The summed E-state index contributed by atoms with van der Waals surface area (Å²) < 4.78 is 0. The third kappa shape index (κ3) is 29.4. The number of primary amides is 1. The Morgan fingerprint density at radius 3 is 1.40 bits per heavy atom. The number of rotatable bonds is 50. The van der Waals surface area contributed by atoms with Crippen LogP contribution in [0.25, 0.3) is 10.9 Å². The third-order valence-corrected chi connectivity index (χ3v) is 18.7. The number of carbonyl (C=O) groups is 10. The maximum absolute atomic E-state index is 15.0. The molecule has 2 aliphatic rings. The lowest BCUT2D eigenvalue weighted by Gasteiger charge is -2.28. The molecule has 0 unspecified atom stereocenters. The Labute approximate surface area is 570 Å². The number of hydrogen-bond acceptors (Lipinski definition) is 18. The minimum absolute atomic E-state index is 0.0153. The maximum Gasteiger partial charge on any atom is 0.315 e. The van der Waals surface area contributed by atoms with Gasteiger partial charge in [-0.2, -0.15) is 23.5 Å². The predicted octanol–water partition coefficient (Wildman–Crippen LogP) is -2.82. The molecule has 1 aromatic heterocycles. The summed E-state index contributed by atoms with van der Waals surface area (Å²) in [4.78, 5) is 151. The average molecular weight is 1390 g/mol. The molecule has 1 aromatic carbocycles.